The highest BCUT2D eigenvalue weighted by Crippen LogP contribution is 2.35. The Bertz CT molecular complexity index is 684. The van der Waals surface area contributed by atoms with Gasteiger partial charge in [0.15, 0.2) is 0 Å². The van der Waals surface area contributed by atoms with Crippen LogP contribution < -0.4 is 10.6 Å². The van der Waals surface area contributed by atoms with E-state index >= 15 is 0 Å². The van der Waals surface area contributed by atoms with Crippen LogP contribution in [0.15, 0.2) is 6.07 Å². The van der Waals surface area contributed by atoms with E-state index in [9.17, 15) is 9.59 Å². The van der Waals surface area contributed by atoms with Gasteiger partial charge in [0.05, 0.1) is 0 Å². The molecular weight excluding hydrogens is 354 g/mol. The summed E-state index contributed by atoms with van der Waals surface area (Å²) in [5, 5.41) is 5.99. The molecule has 1 saturated heterocycles. The Balaban J connectivity index is 1.46. The van der Waals surface area contributed by atoms with E-state index in [4.69, 9.17) is 0 Å². The summed E-state index contributed by atoms with van der Waals surface area (Å²) in [4.78, 5) is 35.1. The molecule has 2 atom stereocenters. The minimum atomic E-state index is 0.0150. The van der Waals surface area contributed by atoms with Crippen LogP contribution in [0.2, 0.25) is 0 Å². The van der Waals surface area contributed by atoms with Crippen LogP contribution >= 0.6 is 0 Å². The van der Waals surface area contributed by atoms with Gasteiger partial charge in [0.1, 0.15) is 5.82 Å². The van der Waals surface area contributed by atoms with Crippen molar-refractivity contribution in [3.05, 3.63) is 23.3 Å². The molecule has 7 heteroatoms. The number of amides is 2. The van der Waals surface area contributed by atoms with Gasteiger partial charge in [-0.15, -0.1) is 0 Å². The molecule has 0 spiro atoms. The summed E-state index contributed by atoms with van der Waals surface area (Å²) >= 11 is 0. The van der Waals surface area contributed by atoms with Gasteiger partial charge in [0.25, 0.3) is 0 Å². The quantitative estimate of drug-likeness (QED) is 0.671. The van der Waals surface area contributed by atoms with E-state index in [-0.39, 0.29) is 17.9 Å². The van der Waals surface area contributed by atoms with Crippen molar-refractivity contribution in [3.63, 3.8) is 0 Å². The molecule has 1 aliphatic carbocycles. The zero-order valence-corrected chi connectivity index (χ0v) is 17.3. The molecule has 0 unspecified atom stereocenters. The molecule has 3 rings (SSSR count). The first kappa shape index (κ1) is 20.7. The van der Waals surface area contributed by atoms with Crippen molar-refractivity contribution in [1.82, 2.24) is 25.5 Å². The SMILES string of the molecule is CC(=O)NC[C@H]1CC[C@@H](CC(=O)NCCc2nc(C)cc(C)n2)N1CC1CC1. The Kier molecular flexibility index (Phi) is 6.99. The predicted octanol–water partition coefficient (Wildman–Crippen LogP) is 1.52. The number of carbonyl (C=O) groups excluding carboxylic acids is 2. The molecule has 7 nitrogen and oxygen atoms in total. The lowest BCUT2D eigenvalue weighted by Crippen LogP contribution is -2.45. The van der Waals surface area contributed by atoms with E-state index in [1.807, 2.05) is 19.9 Å². The third-order valence-electron chi connectivity index (χ3n) is 5.64. The Morgan fingerprint density at radius 1 is 1.07 bits per heavy atom. The van der Waals surface area contributed by atoms with Gasteiger partial charge in [-0.2, -0.15) is 0 Å². The van der Waals surface area contributed by atoms with Crippen LogP contribution in [0.5, 0.6) is 0 Å². The van der Waals surface area contributed by atoms with E-state index in [1.54, 1.807) is 6.92 Å². The minimum absolute atomic E-state index is 0.0150. The fraction of sp³-hybridized carbons (Fsp3) is 0.714. The average Bonchev–Trinajstić information content (AvgIpc) is 3.35. The van der Waals surface area contributed by atoms with Gasteiger partial charge in [-0.3, -0.25) is 14.5 Å². The monoisotopic (exact) mass is 387 g/mol. The van der Waals surface area contributed by atoms with Crippen molar-refractivity contribution in [2.24, 2.45) is 5.92 Å². The zero-order chi connectivity index (χ0) is 20.1. The largest absolute Gasteiger partial charge is 0.356 e. The molecule has 0 radical (unpaired) electrons. The molecule has 28 heavy (non-hydrogen) atoms. The van der Waals surface area contributed by atoms with E-state index in [0.717, 1.165) is 42.5 Å². The fourth-order valence-electron chi connectivity index (χ4n) is 4.12. The third kappa shape index (κ3) is 6.26. The van der Waals surface area contributed by atoms with Crippen molar-refractivity contribution in [2.75, 3.05) is 19.6 Å². The second-order valence-electron chi connectivity index (χ2n) is 8.33. The highest BCUT2D eigenvalue weighted by Gasteiger charge is 2.37. The van der Waals surface area contributed by atoms with Gasteiger partial charge in [-0.1, -0.05) is 0 Å². The van der Waals surface area contributed by atoms with Crippen LogP contribution in [0, 0.1) is 19.8 Å². The van der Waals surface area contributed by atoms with E-state index < -0.39 is 0 Å². The molecule has 2 N–H and O–H groups in total. The van der Waals surface area contributed by atoms with Crippen LogP contribution in [-0.2, 0) is 16.0 Å². The highest BCUT2D eigenvalue weighted by atomic mass is 16.2. The lowest BCUT2D eigenvalue weighted by Gasteiger charge is -2.30. The maximum Gasteiger partial charge on any atom is 0.221 e. The minimum Gasteiger partial charge on any atom is -0.356 e. The predicted molar refractivity (Wildman–Crippen MR) is 108 cm³/mol. The smallest absolute Gasteiger partial charge is 0.221 e. The summed E-state index contributed by atoms with van der Waals surface area (Å²) in [5.41, 5.74) is 1.92. The van der Waals surface area contributed by atoms with Gasteiger partial charge < -0.3 is 10.6 Å². The summed E-state index contributed by atoms with van der Waals surface area (Å²) in [6.45, 7) is 7.78. The number of rotatable bonds is 9. The Morgan fingerprint density at radius 3 is 2.39 bits per heavy atom. The van der Waals surface area contributed by atoms with Crippen molar-refractivity contribution in [1.29, 1.82) is 0 Å². The maximum atomic E-state index is 12.5. The number of nitrogens with one attached hydrogen (secondary N) is 2. The van der Waals surface area contributed by atoms with Crippen LogP contribution in [0.4, 0.5) is 0 Å². The molecule has 2 amide bonds. The first-order chi connectivity index (χ1) is 13.4. The van der Waals surface area contributed by atoms with Gasteiger partial charge >= 0.3 is 0 Å². The van der Waals surface area contributed by atoms with Crippen LogP contribution in [0.3, 0.4) is 0 Å². The van der Waals surface area contributed by atoms with E-state index in [0.29, 0.717) is 32.0 Å². The fourth-order valence-corrected chi connectivity index (χ4v) is 4.12. The normalized spacial score (nSPS) is 22.2. The number of aryl methyl sites for hydroxylation is 2. The van der Waals surface area contributed by atoms with Crippen molar-refractivity contribution < 1.29 is 9.59 Å². The van der Waals surface area contributed by atoms with E-state index in [1.165, 1.54) is 12.8 Å². The molecule has 2 fully saturated rings. The number of aromatic nitrogens is 2. The number of likely N-dealkylation sites (tertiary alicyclic amines) is 1. The molecule has 154 valence electrons. The Labute approximate surface area is 167 Å². The summed E-state index contributed by atoms with van der Waals surface area (Å²) in [5.74, 6) is 1.66. The number of hydrogen-bond donors (Lipinski definition) is 2. The number of hydrogen-bond acceptors (Lipinski definition) is 5. The molecular formula is C21H33N5O2. The van der Waals surface area contributed by atoms with Gasteiger partial charge in [0, 0.05) is 62.9 Å². The molecule has 2 heterocycles. The Morgan fingerprint density at radius 2 is 1.75 bits per heavy atom. The number of carbonyl (C=O) groups is 2. The second kappa shape index (κ2) is 9.45. The molecule has 1 saturated carbocycles. The van der Waals surface area contributed by atoms with Gasteiger partial charge in [-0.05, 0) is 51.5 Å². The molecule has 0 bridgehead atoms. The number of nitrogens with zero attached hydrogens (tertiary/aromatic N) is 3. The lowest BCUT2D eigenvalue weighted by atomic mass is 10.1. The molecule has 1 aromatic rings. The summed E-state index contributed by atoms with van der Waals surface area (Å²) < 4.78 is 0. The first-order valence-corrected chi connectivity index (χ1v) is 10.5. The molecule has 1 aliphatic heterocycles. The molecule has 1 aromatic heterocycles. The van der Waals surface area contributed by atoms with E-state index in [2.05, 4.69) is 25.5 Å². The van der Waals surface area contributed by atoms with Crippen LogP contribution in [-0.4, -0.2) is 58.4 Å². The van der Waals surface area contributed by atoms with Crippen molar-refractivity contribution >= 4 is 11.8 Å². The molecule has 0 aromatic carbocycles. The molecule has 2 aliphatic rings. The second-order valence-corrected chi connectivity index (χ2v) is 8.33. The summed E-state index contributed by atoms with van der Waals surface area (Å²) in [6, 6.07) is 2.58. The van der Waals surface area contributed by atoms with Gasteiger partial charge in [-0.25, -0.2) is 9.97 Å². The van der Waals surface area contributed by atoms with Crippen LogP contribution in [0.1, 0.15) is 56.2 Å². The maximum absolute atomic E-state index is 12.5. The standard InChI is InChI=1S/C21H33N5O2/c1-14-10-15(2)25-20(24-14)8-9-22-21(28)11-18-6-7-19(12-23-16(3)27)26(18)13-17-4-5-17/h10,17-19H,4-9,11-13H2,1-3H3,(H,22,28)(H,23,27)/t18-,19+/m0/s1. The summed E-state index contributed by atoms with van der Waals surface area (Å²) in [6.07, 6.45) is 5.81. The zero-order valence-electron chi connectivity index (χ0n) is 17.3. The topological polar surface area (TPSA) is 87.2 Å². The Hall–Kier alpha value is -2.02. The van der Waals surface area contributed by atoms with Crippen molar-refractivity contribution in [3.8, 4) is 0 Å². The lowest BCUT2D eigenvalue weighted by molar-refractivity contribution is -0.122. The summed E-state index contributed by atoms with van der Waals surface area (Å²) in [7, 11) is 0. The first-order valence-electron chi connectivity index (χ1n) is 10.5. The third-order valence-corrected chi connectivity index (χ3v) is 5.64. The van der Waals surface area contributed by atoms with Crippen LogP contribution in [0.25, 0.3) is 0 Å². The van der Waals surface area contributed by atoms with Crippen molar-refractivity contribution in [2.45, 2.75) is 71.4 Å². The highest BCUT2D eigenvalue weighted by molar-refractivity contribution is 5.76. The van der Waals surface area contributed by atoms with Gasteiger partial charge in [0.2, 0.25) is 11.8 Å². The average molecular weight is 388 g/mol.